The van der Waals surface area contributed by atoms with Crippen molar-refractivity contribution in [2.75, 3.05) is 6.61 Å². The van der Waals surface area contributed by atoms with Crippen molar-refractivity contribution in [1.82, 2.24) is 15.5 Å². The van der Waals surface area contributed by atoms with Gasteiger partial charge < -0.3 is 14.9 Å². The third kappa shape index (κ3) is 3.62. The lowest BCUT2D eigenvalue weighted by molar-refractivity contribution is 0.0872. The molecule has 0 fully saturated rings. The van der Waals surface area contributed by atoms with Gasteiger partial charge in [0.15, 0.2) is 5.82 Å². The van der Waals surface area contributed by atoms with Gasteiger partial charge in [-0.25, -0.2) is 0 Å². The van der Waals surface area contributed by atoms with E-state index in [0.29, 0.717) is 12.2 Å². The van der Waals surface area contributed by atoms with Gasteiger partial charge in [-0.15, -0.1) is 0 Å². The second-order valence-electron chi connectivity index (χ2n) is 4.19. The lowest BCUT2D eigenvalue weighted by Crippen LogP contribution is -2.39. The van der Waals surface area contributed by atoms with E-state index in [0.717, 1.165) is 5.56 Å². The molecule has 0 aliphatic rings. The van der Waals surface area contributed by atoms with Crippen molar-refractivity contribution in [2.24, 2.45) is 0 Å². The number of benzene rings is 1. The average molecular weight is 261 g/mol. The van der Waals surface area contributed by atoms with Gasteiger partial charge in [0.25, 0.3) is 0 Å². The number of aryl methyl sites for hydroxylation is 1. The smallest absolute Gasteiger partial charge is 0.315 e. The van der Waals surface area contributed by atoms with Crippen LogP contribution >= 0.6 is 0 Å². The standard InChI is InChI=1S/C13H15N3O3/c1-9-14-13(19-16-9)12(18)15-11(8-17)7-10-5-3-2-4-6-10/h2-6,11,17H,7-8H2,1H3,(H,15,18)/t11-/m0/s1. The third-order valence-corrected chi connectivity index (χ3v) is 2.60. The molecule has 1 atom stereocenters. The molecule has 0 unspecified atom stereocenters. The minimum atomic E-state index is -0.476. The molecule has 6 nitrogen and oxygen atoms in total. The molecule has 100 valence electrons. The Balaban J connectivity index is 1.97. The highest BCUT2D eigenvalue weighted by Gasteiger charge is 2.18. The Morgan fingerprint density at radius 3 is 2.74 bits per heavy atom. The van der Waals surface area contributed by atoms with Crippen LogP contribution < -0.4 is 5.32 Å². The van der Waals surface area contributed by atoms with Crippen LogP contribution in [0.25, 0.3) is 0 Å². The van der Waals surface area contributed by atoms with Gasteiger partial charge in [-0.3, -0.25) is 4.79 Å². The Kier molecular flexibility index (Phi) is 4.25. The summed E-state index contributed by atoms with van der Waals surface area (Å²) < 4.78 is 4.77. The highest BCUT2D eigenvalue weighted by molar-refractivity contribution is 5.89. The van der Waals surface area contributed by atoms with Gasteiger partial charge in [0.05, 0.1) is 12.6 Å². The van der Waals surface area contributed by atoms with E-state index in [9.17, 15) is 9.90 Å². The van der Waals surface area contributed by atoms with Crippen LogP contribution in [0.5, 0.6) is 0 Å². The largest absolute Gasteiger partial charge is 0.394 e. The number of nitrogens with one attached hydrogen (secondary N) is 1. The minimum absolute atomic E-state index is 0.0935. The molecule has 2 aromatic rings. The fraction of sp³-hybridized carbons (Fsp3) is 0.308. The number of rotatable bonds is 5. The van der Waals surface area contributed by atoms with Crippen molar-refractivity contribution in [2.45, 2.75) is 19.4 Å². The molecule has 0 saturated heterocycles. The van der Waals surface area contributed by atoms with Gasteiger partial charge in [0, 0.05) is 0 Å². The normalized spacial score (nSPS) is 12.1. The third-order valence-electron chi connectivity index (χ3n) is 2.60. The molecule has 0 aliphatic carbocycles. The number of aliphatic hydroxyl groups is 1. The number of carbonyl (C=O) groups excluding carboxylic acids is 1. The molecule has 0 spiro atoms. The van der Waals surface area contributed by atoms with Crippen LogP contribution in [0, 0.1) is 6.92 Å². The van der Waals surface area contributed by atoms with Crippen molar-refractivity contribution in [1.29, 1.82) is 0 Å². The molecule has 19 heavy (non-hydrogen) atoms. The predicted molar refractivity (Wildman–Crippen MR) is 67.5 cm³/mol. The second-order valence-corrected chi connectivity index (χ2v) is 4.19. The molecule has 1 aromatic carbocycles. The van der Waals surface area contributed by atoms with Crippen LogP contribution in [0.3, 0.4) is 0 Å². The summed E-state index contributed by atoms with van der Waals surface area (Å²) in [4.78, 5) is 15.6. The van der Waals surface area contributed by atoms with Crippen molar-refractivity contribution in [3.05, 3.63) is 47.6 Å². The van der Waals surface area contributed by atoms with E-state index >= 15 is 0 Å². The number of aromatic nitrogens is 2. The van der Waals surface area contributed by atoms with Gasteiger partial charge in [-0.2, -0.15) is 4.98 Å². The molecule has 0 radical (unpaired) electrons. The van der Waals surface area contributed by atoms with Crippen LogP contribution in [0.15, 0.2) is 34.9 Å². The molecule has 0 bridgehead atoms. The first-order valence-electron chi connectivity index (χ1n) is 5.95. The summed E-state index contributed by atoms with van der Waals surface area (Å²) in [5.74, 6) is -0.173. The fourth-order valence-corrected chi connectivity index (χ4v) is 1.70. The first-order chi connectivity index (χ1) is 9.19. The van der Waals surface area contributed by atoms with Crippen LogP contribution in [-0.4, -0.2) is 33.8 Å². The van der Waals surface area contributed by atoms with Crippen molar-refractivity contribution in [3.8, 4) is 0 Å². The summed E-state index contributed by atoms with van der Waals surface area (Å²) in [7, 11) is 0. The molecule has 1 heterocycles. The highest BCUT2D eigenvalue weighted by atomic mass is 16.5. The van der Waals surface area contributed by atoms with E-state index in [1.807, 2.05) is 30.3 Å². The first-order valence-corrected chi connectivity index (χ1v) is 5.95. The molecule has 1 amide bonds. The lowest BCUT2D eigenvalue weighted by atomic mass is 10.1. The van der Waals surface area contributed by atoms with Crippen LogP contribution in [0.1, 0.15) is 22.1 Å². The van der Waals surface area contributed by atoms with Gasteiger partial charge in [0.1, 0.15) is 0 Å². The molecule has 0 aliphatic heterocycles. The molecular weight excluding hydrogens is 246 g/mol. The van der Waals surface area contributed by atoms with Gasteiger partial charge in [0.2, 0.25) is 0 Å². The van der Waals surface area contributed by atoms with Crippen LogP contribution in [0.4, 0.5) is 0 Å². The first kappa shape index (κ1) is 13.2. The van der Waals surface area contributed by atoms with E-state index in [-0.39, 0.29) is 18.5 Å². The van der Waals surface area contributed by atoms with E-state index in [1.165, 1.54) is 0 Å². The molecule has 2 N–H and O–H groups in total. The summed E-state index contributed by atoms with van der Waals surface area (Å²) in [6.07, 6.45) is 0.538. The summed E-state index contributed by atoms with van der Waals surface area (Å²) in [5.41, 5.74) is 1.03. The Morgan fingerprint density at radius 1 is 1.42 bits per heavy atom. The molecule has 1 aromatic heterocycles. The van der Waals surface area contributed by atoms with Crippen molar-refractivity contribution >= 4 is 5.91 Å². The molecule has 0 saturated carbocycles. The fourth-order valence-electron chi connectivity index (χ4n) is 1.70. The van der Waals surface area contributed by atoms with Crippen LogP contribution in [0.2, 0.25) is 0 Å². The number of carbonyl (C=O) groups is 1. The lowest BCUT2D eigenvalue weighted by Gasteiger charge is -2.14. The maximum absolute atomic E-state index is 11.8. The zero-order valence-corrected chi connectivity index (χ0v) is 10.5. The summed E-state index contributed by atoms with van der Waals surface area (Å²) in [6, 6.07) is 9.22. The quantitative estimate of drug-likeness (QED) is 0.827. The average Bonchev–Trinajstić information content (AvgIpc) is 2.86. The Labute approximate surface area is 110 Å². The number of amides is 1. The highest BCUT2D eigenvalue weighted by Crippen LogP contribution is 2.04. The van der Waals surface area contributed by atoms with Gasteiger partial charge >= 0.3 is 11.8 Å². The van der Waals surface area contributed by atoms with Crippen molar-refractivity contribution in [3.63, 3.8) is 0 Å². The van der Waals surface area contributed by atoms with Gasteiger partial charge in [-0.05, 0) is 18.9 Å². The van der Waals surface area contributed by atoms with E-state index in [2.05, 4.69) is 15.5 Å². The van der Waals surface area contributed by atoms with E-state index in [4.69, 9.17) is 4.52 Å². The topological polar surface area (TPSA) is 88.2 Å². The Bertz CT molecular complexity index is 539. The zero-order chi connectivity index (χ0) is 13.7. The van der Waals surface area contributed by atoms with Crippen LogP contribution in [-0.2, 0) is 6.42 Å². The monoisotopic (exact) mass is 261 g/mol. The SMILES string of the molecule is Cc1noc(C(=O)N[C@H](CO)Cc2ccccc2)n1. The van der Waals surface area contributed by atoms with E-state index < -0.39 is 5.91 Å². The maximum Gasteiger partial charge on any atom is 0.315 e. The van der Waals surface area contributed by atoms with E-state index in [1.54, 1.807) is 6.92 Å². The number of hydrogen-bond donors (Lipinski definition) is 2. The number of aliphatic hydroxyl groups excluding tert-OH is 1. The Morgan fingerprint density at radius 2 is 2.16 bits per heavy atom. The maximum atomic E-state index is 11.8. The van der Waals surface area contributed by atoms with Gasteiger partial charge in [-0.1, -0.05) is 35.5 Å². The molecule has 6 heteroatoms. The Hall–Kier alpha value is -2.21. The zero-order valence-electron chi connectivity index (χ0n) is 10.5. The van der Waals surface area contributed by atoms with Crippen molar-refractivity contribution < 1.29 is 14.4 Å². The summed E-state index contributed by atoms with van der Waals surface area (Å²) in [5, 5.41) is 15.5. The second kappa shape index (κ2) is 6.10. The summed E-state index contributed by atoms with van der Waals surface area (Å²) in [6.45, 7) is 1.47. The molecular formula is C13H15N3O3. The number of nitrogens with zero attached hydrogens (tertiary/aromatic N) is 2. The molecule has 2 rings (SSSR count). The number of hydrogen-bond acceptors (Lipinski definition) is 5. The minimum Gasteiger partial charge on any atom is -0.394 e. The summed E-state index contributed by atoms with van der Waals surface area (Å²) >= 11 is 0. The predicted octanol–water partition coefficient (Wildman–Crippen LogP) is 0.711.